The number of halogens is 1. The van der Waals surface area contributed by atoms with Crippen LogP contribution in [-0.2, 0) is 21.4 Å². The molecule has 2 fully saturated rings. The van der Waals surface area contributed by atoms with Crippen molar-refractivity contribution in [2.45, 2.75) is 37.5 Å². The van der Waals surface area contributed by atoms with Crippen LogP contribution in [0.1, 0.15) is 36.8 Å². The summed E-state index contributed by atoms with van der Waals surface area (Å²) < 4.78 is 13.4. The Balaban J connectivity index is 1.32. The van der Waals surface area contributed by atoms with E-state index in [0.29, 0.717) is 37.4 Å². The van der Waals surface area contributed by atoms with Gasteiger partial charge in [0.2, 0.25) is 11.8 Å². The number of nitrogens with zero attached hydrogens (tertiary/aromatic N) is 2. The topological polar surface area (TPSA) is 40.6 Å². The maximum Gasteiger partial charge on any atom is 0.237 e. The lowest BCUT2D eigenvalue weighted by atomic mass is 9.73. The fraction of sp³-hybridized carbons (Fsp3) is 0.417. The van der Waals surface area contributed by atoms with Gasteiger partial charge < -0.3 is 9.80 Å². The molecule has 1 saturated heterocycles. The minimum Gasteiger partial charge on any atom is -0.342 e. The average Bonchev–Trinajstić information content (AvgIpc) is 3.52. The molecule has 2 heterocycles. The van der Waals surface area contributed by atoms with E-state index in [1.54, 1.807) is 12.1 Å². The van der Waals surface area contributed by atoms with Crippen LogP contribution >= 0.6 is 0 Å². The van der Waals surface area contributed by atoms with Crippen molar-refractivity contribution in [2.24, 2.45) is 5.92 Å². The van der Waals surface area contributed by atoms with E-state index in [1.165, 1.54) is 25.0 Å². The minimum atomic E-state index is -0.499. The van der Waals surface area contributed by atoms with Gasteiger partial charge in [-0.15, -0.1) is 0 Å². The van der Waals surface area contributed by atoms with Crippen LogP contribution in [0.3, 0.4) is 0 Å². The van der Waals surface area contributed by atoms with E-state index >= 15 is 0 Å². The van der Waals surface area contributed by atoms with Crippen molar-refractivity contribution in [2.75, 3.05) is 24.5 Å². The van der Waals surface area contributed by atoms with Gasteiger partial charge in [0.25, 0.3) is 0 Å². The molecule has 1 aliphatic carbocycles. The highest BCUT2D eigenvalue weighted by Gasteiger charge is 2.52. The van der Waals surface area contributed by atoms with Crippen molar-refractivity contribution >= 4 is 17.5 Å². The summed E-state index contributed by atoms with van der Waals surface area (Å²) in [5, 5.41) is 0. The van der Waals surface area contributed by atoms with Gasteiger partial charge in [0.1, 0.15) is 5.82 Å². The Morgan fingerprint density at radius 1 is 1.07 bits per heavy atom. The predicted molar refractivity (Wildman–Crippen MR) is 109 cm³/mol. The number of likely N-dealkylation sites (tertiary alicyclic amines) is 1. The molecule has 3 aliphatic rings. The van der Waals surface area contributed by atoms with Crippen molar-refractivity contribution < 1.29 is 14.0 Å². The van der Waals surface area contributed by atoms with Crippen molar-refractivity contribution in [3.8, 4) is 0 Å². The fourth-order valence-corrected chi connectivity index (χ4v) is 4.89. The molecular weight excluding hydrogens is 367 g/mol. The number of hydrogen-bond donors (Lipinski definition) is 0. The maximum absolute atomic E-state index is 13.5. The third-order valence-electron chi connectivity index (χ3n) is 6.72. The van der Waals surface area contributed by atoms with Crippen molar-refractivity contribution in [1.29, 1.82) is 0 Å². The Hall–Kier alpha value is -2.69. The summed E-state index contributed by atoms with van der Waals surface area (Å²) in [6, 6.07) is 14.4. The standard InChI is InChI=1S/C24H25FN2O2/c25-19-5-3-4-18(14-19)15-22(28)26-12-10-24(11-13-26)20-6-1-2-7-21(20)27(23(24)29)16-17-8-9-17/h1-7,14,17H,8-13,15-16H2. The molecule has 2 aromatic carbocycles. The molecule has 0 bridgehead atoms. The van der Waals surface area contributed by atoms with E-state index in [1.807, 2.05) is 21.9 Å². The second-order valence-electron chi connectivity index (χ2n) is 8.65. The monoisotopic (exact) mass is 392 g/mol. The van der Waals surface area contributed by atoms with E-state index in [4.69, 9.17) is 0 Å². The number of rotatable bonds is 4. The molecule has 0 aromatic heterocycles. The second kappa shape index (κ2) is 6.97. The van der Waals surface area contributed by atoms with Gasteiger partial charge in [0.05, 0.1) is 11.8 Å². The molecule has 2 amide bonds. The molecule has 4 nitrogen and oxygen atoms in total. The highest BCUT2D eigenvalue weighted by atomic mass is 19.1. The van der Waals surface area contributed by atoms with Gasteiger partial charge in [-0.1, -0.05) is 30.3 Å². The Bertz CT molecular complexity index is 961. The van der Waals surface area contributed by atoms with Gasteiger partial charge in [-0.3, -0.25) is 9.59 Å². The first-order valence-corrected chi connectivity index (χ1v) is 10.5. The van der Waals surface area contributed by atoms with Gasteiger partial charge in [0, 0.05) is 25.3 Å². The van der Waals surface area contributed by atoms with Gasteiger partial charge in [0.15, 0.2) is 0 Å². The molecule has 2 aromatic rings. The molecule has 5 rings (SSSR count). The Labute approximate surface area is 170 Å². The zero-order chi connectivity index (χ0) is 20.0. The van der Waals surface area contributed by atoms with Crippen LogP contribution in [0.4, 0.5) is 10.1 Å². The first kappa shape index (κ1) is 18.3. The molecule has 29 heavy (non-hydrogen) atoms. The number of hydrogen-bond acceptors (Lipinski definition) is 2. The summed E-state index contributed by atoms with van der Waals surface area (Å²) in [7, 11) is 0. The molecule has 0 N–H and O–H groups in total. The van der Waals surface area contributed by atoms with Crippen LogP contribution in [0, 0.1) is 11.7 Å². The summed E-state index contributed by atoms with van der Waals surface area (Å²) in [4.78, 5) is 30.1. The highest BCUT2D eigenvalue weighted by molar-refractivity contribution is 6.08. The van der Waals surface area contributed by atoms with Crippen LogP contribution in [0.25, 0.3) is 0 Å². The Morgan fingerprint density at radius 2 is 1.83 bits per heavy atom. The summed E-state index contributed by atoms with van der Waals surface area (Å²) >= 11 is 0. The first-order chi connectivity index (χ1) is 14.1. The SMILES string of the molecule is O=C(Cc1cccc(F)c1)N1CCC2(CC1)C(=O)N(CC1CC1)c1ccccc12. The number of anilines is 1. The molecular formula is C24H25FN2O2. The van der Waals surface area contributed by atoms with Gasteiger partial charge >= 0.3 is 0 Å². The fourth-order valence-electron chi connectivity index (χ4n) is 4.89. The molecule has 1 saturated carbocycles. The third kappa shape index (κ3) is 3.22. The second-order valence-corrected chi connectivity index (χ2v) is 8.65. The summed E-state index contributed by atoms with van der Waals surface area (Å²) in [5.74, 6) is 0.522. The quantitative estimate of drug-likeness (QED) is 0.796. The Morgan fingerprint density at radius 3 is 2.55 bits per heavy atom. The normalized spacial score (nSPS) is 20.2. The average molecular weight is 392 g/mol. The third-order valence-corrected chi connectivity index (χ3v) is 6.72. The summed E-state index contributed by atoms with van der Waals surface area (Å²) in [6.45, 7) is 1.94. The number of benzene rings is 2. The lowest BCUT2D eigenvalue weighted by Gasteiger charge is -2.38. The molecule has 5 heteroatoms. The molecule has 150 valence electrons. The number of carbonyl (C=O) groups excluding carboxylic acids is 2. The predicted octanol–water partition coefficient (Wildman–Crippen LogP) is 3.69. The number of para-hydroxylation sites is 1. The smallest absolute Gasteiger partial charge is 0.237 e. The number of fused-ring (bicyclic) bond motifs is 2. The zero-order valence-electron chi connectivity index (χ0n) is 16.4. The molecule has 1 spiro atoms. The first-order valence-electron chi connectivity index (χ1n) is 10.5. The lowest BCUT2D eigenvalue weighted by molar-refractivity contribution is -0.135. The lowest BCUT2D eigenvalue weighted by Crippen LogP contribution is -2.50. The number of carbonyl (C=O) groups is 2. The summed E-state index contributed by atoms with van der Waals surface area (Å²) in [6.07, 6.45) is 3.92. The number of amides is 2. The number of piperidine rings is 1. The van der Waals surface area contributed by atoms with E-state index in [9.17, 15) is 14.0 Å². The minimum absolute atomic E-state index is 0.000910. The van der Waals surface area contributed by atoms with E-state index in [2.05, 4.69) is 12.1 Å². The maximum atomic E-state index is 13.5. The highest BCUT2D eigenvalue weighted by Crippen LogP contribution is 2.49. The molecule has 0 radical (unpaired) electrons. The van der Waals surface area contributed by atoms with Gasteiger partial charge in [-0.05, 0) is 60.9 Å². The van der Waals surface area contributed by atoms with Crippen LogP contribution in [0.2, 0.25) is 0 Å². The van der Waals surface area contributed by atoms with Gasteiger partial charge in [-0.25, -0.2) is 4.39 Å². The van der Waals surface area contributed by atoms with Crippen LogP contribution in [-0.4, -0.2) is 36.3 Å². The van der Waals surface area contributed by atoms with Crippen LogP contribution < -0.4 is 4.90 Å². The van der Waals surface area contributed by atoms with E-state index in [0.717, 1.165) is 17.8 Å². The van der Waals surface area contributed by atoms with Crippen molar-refractivity contribution in [3.63, 3.8) is 0 Å². The van der Waals surface area contributed by atoms with E-state index < -0.39 is 5.41 Å². The van der Waals surface area contributed by atoms with Crippen molar-refractivity contribution in [3.05, 3.63) is 65.5 Å². The van der Waals surface area contributed by atoms with Crippen LogP contribution in [0.5, 0.6) is 0 Å². The van der Waals surface area contributed by atoms with Gasteiger partial charge in [-0.2, -0.15) is 0 Å². The van der Waals surface area contributed by atoms with Crippen LogP contribution in [0.15, 0.2) is 48.5 Å². The zero-order valence-corrected chi connectivity index (χ0v) is 16.4. The molecule has 0 unspecified atom stereocenters. The molecule has 0 atom stereocenters. The summed E-state index contributed by atoms with van der Waals surface area (Å²) in [5.41, 5.74) is 2.38. The Kier molecular flexibility index (Phi) is 4.41. The largest absolute Gasteiger partial charge is 0.342 e. The molecule has 2 aliphatic heterocycles. The van der Waals surface area contributed by atoms with E-state index in [-0.39, 0.29) is 24.1 Å². The van der Waals surface area contributed by atoms with Crippen molar-refractivity contribution in [1.82, 2.24) is 4.90 Å².